The number of H-pyrrole nitrogens is 1. The van der Waals surface area contributed by atoms with Crippen molar-refractivity contribution in [3.8, 4) is 0 Å². The van der Waals surface area contributed by atoms with E-state index in [0.717, 1.165) is 17.3 Å². The van der Waals surface area contributed by atoms with Gasteiger partial charge >= 0.3 is 0 Å². The third-order valence-corrected chi connectivity index (χ3v) is 4.54. The molecular weight excluding hydrogens is 264 g/mol. The molecule has 102 valence electrons. The summed E-state index contributed by atoms with van der Waals surface area (Å²) in [5, 5.41) is 8.22. The number of hydrogen-bond donors (Lipinski definition) is 1. The van der Waals surface area contributed by atoms with Crippen molar-refractivity contribution in [2.75, 3.05) is 0 Å². The van der Waals surface area contributed by atoms with Gasteiger partial charge in [0.25, 0.3) is 0 Å². The maximum atomic E-state index is 4.07. The van der Waals surface area contributed by atoms with Crippen LogP contribution < -0.4 is 0 Å². The summed E-state index contributed by atoms with van der Waals surface area (Å²) in [6, 6.07) is 8.71. The number of aromatic amines is 1. The van der Waals surface area contributed by atoms with Crippen molar-refractivity contribution in [2.45, 2.75) is 27.2 Å². The van der Waals surface area contributed by atoms with Crippen LogP contribution >= 0.6 is 11.3 Å². The summed E-state index contributed by atoms with van der Waals surface area (Å²) in [4.78, 5) is 2.78. The van der Waals surface area contributed by atoms with Gasteiger partial charge in [0, 0.05) is 15.1 Å². The molecule has 0 saturated carbocycles. The summed E-state index contributed by atoms with van der Waals surface area (Å²) in [5.41, 5.74) is 5.11. The molecule has 0 amide bonds. The van der Waals surface area contributed by atoms with E-state index >= 15 is 0 Å². The monoisotopic (exact) mass is 282 g/mol. The Hall–Kier alpha value is -1.87. The number of thiophene rings is 1. The third kappa shape index (κ3) is 2.41. The molecule has 20 heavy (non-hydrogen) atoms. The van der Waals surface area contributed by atoms with Crippen molar-refractivity contribution >= 4 is 33.9 Å². The van der Waals surface area contributed by atoms with Crippen LogP contribution in [-0.4, -0.2) is 10.2 Å². The van der Waals surface area contributed by atoms with Gasteiger partial charge in [-0.3, -0.25) is 5.10 Å². The number of nitrogens with zero attached hydrogens (tertiary/aromatic N) is 1. The molecule has 0 radical (unpaired) electrons. The van der Waals surface area contributed by atoms with Crippen molar-refractivity contribution in [3.05, 3.63) is 51.3 Å². The molecule has 0 bridgehead atoms. The van der Waals surface area contributed by atoms with E-state index in [9.17, 15) is 0 Å². The molecule has 1 N–H and O–H groups in total. The van der Waals surface area contributed by atoms with Crippen LogP contribution in [0.2, 0.25) is 0 Å². The Labute approximate surface area is 123 Å². The summed E-state index contributed by atoms with van der Waals surface area (Å²) in [5.74, 6) is 0. The SMILES string of the molecule is CC/C(=C\c1ccc2[nH]ncc2c1)c1cc(C)sc1C. The second-order valence-corrected chi connectivity index (χ2v) is 6.53. The molecule has 3 aromatic rings. The molecule has 2 nitrogen and oxygen atoms in total. The van der Waals surface area contributed by atoms with E-state index in [1.54, 1.807) is 0 Å². The third-order valence-electron chi connectivity index (χ3n) is 3.57. The average molecular weight is 282 g/mol. The number of aromatic nitrogens is 2. The van der Waals surface area contributed by atoms with Crippen molar-refractivity contribution < 1.29 is 0 Å². The summed E-state index contributed by atoms with van der Waals surface area (Å²) in [6.07, 6.45) is 5.21. The largest absolute Gasteiger partial charge is 0.278 e. The molecule has 2 heterocycles. The Morgan fingerprint density at radius 2 is 2.15 bits per heavy atom. The van der Waals surface area contributed by atoms with Crippen LogP contribution in [0.15, 0.2) is 30.5 Å². The van der Waals surface area contributed by atoms with Gasteiger partial charge in [-0.15, -0.1) is 11.3 Å². The first-order valence-electron chi connectivity index (χ1n) is 6.88. The number of rotatable bonds is 3. The Bertz CT molecular complexity index is 777. The van der Waals surface area contributed by atoms with E-state index in [1.165, 1.54) is 26.5 Å². The maximum Gasteiger partial charge on any atom is 0.0650 e. The standard InChI is InChI=1S/C17H18N2S/c1-4-14(16-7-11(2)20-12(16)3)8-13-5-6-17-15(9-13)10-18-19-17/h5-10H,4H2,1-3H3,(H,18,19)/b14-8+. The lowest BCUT2D eigenvalue weighted by molar-refractivity contribution is 1.12. The molecule has 3 rings (SSSR count). The normalized spacial score (nSPS) is 12.2. The lowest BCUT2D eigenvalue weighted by atomic mass is 10.0. The zero-order chi connectivity index (χ0) is 14.1. The predicted molar refractivity (Wildman–Crippen MR) is 88.0 cm³/mol. The number of nitrogens with one attached hydrogen (secondary N) is 1. The number of fused-ring (bicyclic) bond motifs is 1. The van der Waals surface area contributed by atoms with Gasteiger partial charge in [-0.2, -0.15) is 5.10 Å². The molecule has 0 aliphatic carbocycles. The quantitative estimate of drug-likeness (QED) is 0.703. The van der Waals surface area contributed by atoms with Crippen LogP contribution in [0.25, 0.3) is 22.6 Å². The first kappa shape index (κ1) is 13.1. The lowest BCUT2D eigenvalue weighted by Gasteiger charge is -2.05. The lowest BCUT2D eigenvalue weighted by Crippen LogP contribution is -1.83. The van der Waals surface area contributed by atoms with Gasteiger partial charge in [0.1, 0.15) is 0 Å². The van der Waals surface area contributed by atoms with Gasteiger partial charge in [-0.05, 0) is 55.2 Å². The van der Waals surface area contributed by atoms with E-state index in [0.29, 0.717) is 0 Å². The summed E-state index contributed by atoms with van der Waals surface area (Å²) >= 11 is 1.87. The first-order valence-corrected chi connectivity index (χ1v) is 7.70. The van der Waals surface area contributed by atoms with Crippen LogP contribution in [0.3, 0.4) is 0 Å². The summed E-state index contributed by atoms with van der Waals surface area (Å²) < 4.78 is 0. The fraction of sp³-hybridized carbons (Fsp3) is 0.235. The molecule has 2 aromatic heterocycles. The summed E-state index contributed by atoms with van der Waals surface area (Å²) in [6.45, 7) is 6.59. The minimum Gasteiger partial charge on any atom is -0.278 e. The van der Waals surface area contributed by atoms with Crippen molar-refractivity contribution in [2.24, 2.45) is 0 Å². The molecule has 0 unspecified atom stereocenters. The second kappa shape index (κ2) is 5.25. The van der Waals surface area contributed by atoms with E-state index in [4.69, 9.17) is 0 Å². The van der Waals surface area contributed by atoms with Crippen molar-refractivity contribution in [1.82, 2.24) is 10.2 Å². The Morgan fingerprint density at radius 3 is 2.85 bits per heavy atom. The molecule has 0 spiro atoms. The molecule has 1 aromatic carbocycles. The Kier molecular flexibility index (Phi) is 3.45. The zero-order valence-electron chi connectivity index (χ0n) is 12.0. The second-order valence-electron chi connectivity index (χ2n) is 5.07. The molecular formula is C17H18N2S. The van der Waals surface area contributed by atoms with Gasteiger partial charge in [0.05, 0.1) is 11.7 Å². The fourth-order valence-electron chi connectivity index (χ4n) is 2.57. The molecule has 0 fully saturated rings. The van der Waals surface area contributed by atoms with E-state index in [-0.39, 0.29) is 0 Å². The van der Waals surface area contributed by atoms with Crippen molar-refractivity contribution in [3.63, 3.8) is 0 Å². The van der Waals surface area contributed by atoms with Gasteiger partial charge in [0.15, 0.2) is 0 Å². The highest BCUT2D eigenvalue weighted by atomic mass is 32.1. The minimum absolute atomic E-state index is 1.04. The smallest absolute Gasteiger partial charge is 0.0650 e. The van der Waals surface area contributed by atoms with Gasteiger partial charge in [-0.1, -0.05) is 19.1 Å². The Morgan fingerprint density at radius 1 is 1.30 bits per heavy atom. The van der Waals surface area contributed by atoms with Crippen LogP contribution in [0.1, 0.15) is 34.2 Å². The van der Waals surface area contributed by atoms with E-state index in [1.807, 2.05) is 17.5 Å². The van der Waals surface area contributed by atoms with Crippen LogP contribution in [0.4, 0.5) is 0 Å². The molecule has 0 aliphatic heterocycles. The molecule has 0 aliphatic rings. The van der Waals surface area contributed by atoms with Crippen LogP contribution in [0.5, 0.6) is 0 Å². The number of allylic oxidation sites excluding steroid dienone is 1. The molecule has 3 heteroatoms. The Balaban J connectivity index is 2.05. The first-order chi connectivity index (χ1) is 9.67. The maximum absolute atomic E-state index is 4.07. The highest BCUT2D eigenvalue weighted by Crippen LogP contribution is 2.30. The fourth-order valence-corrected chi connectivity index (χ4v) is 3.53. The van der Waals surface area contributed by atoms with Crippen LogP contribution in [-0.2, 0) is 0 Å². The van der Waals surface area contributed by atoms with E-state index in [2.05, 4.69) is 61.3 Å². The number of aryl methyl sites for hydroxylation is 2. The van der Waals surface area contributed by atoms with Crippen molar-refractivity contribution in [1.29, 1.82) is 0 Å². The predicted octanol–water partition coefficient (Wildman–Crippen LogP) is 5.19. The number of hydrogen-bond acceptors (Lipinski definition) is 2. The van der Waals surface area contributed by atoms with Gasteiger partial charge in [0.2, 0.25) is 0 Å². The summed E-state index contributed by atoms with van der Waals surface area (Å²) in [7, 11) is 0. The highest BCUT2D eigenvalue weighted by molar-refractivity contribution is 7.12. The van der Waals surface area contributed by atoms with Gasteiger partial charge in [-0.25, -0.2) is 0 Å². The minimum atomic E-state index is 1.04. The average Bonchev–Trinajstić information content (AvgIpc) is 3.01. The highest BCUT2D eigenvalue weighted by Gasteiger charge is 2.07. The van der Waals surface area contributed by atoms with Gasteiger partial charge < -0.3 is 0 Å². The number of benzene rings is 1. The molecule has 0 saturated heterocycles. The van der Waals surface area contributed by atoms with Crippen LogP contribution in [0, 0.1) is 13.8 Å². The zero-order valence-corrected chi connectivity index (χ0v) is 12.8. The molecule has 0 atom stereocenters. The topological polar surface area (TPSA) is 28.7 Å². The van der Waals surface area contributed by atoms with E-state index < -0.39 is 0 Å².